The molecule has 4 aliphatic rings. The third kappa shape index (κ3) is 2.13. The van der Waals surface area contributed by atoms with Crippen molar-refractivity contribution in [2.24, 2.45) is 34.5 Å². The van der Waals surface area contributed by atoms with Crippen molar-refractivity contribution in [3.05, 3.63) is 0 Å². The average molecular weight is 321 g/mol. The predicted molar refractivity (Wildman–Crippen MR) is 93.0 cm³/mol. The Morgan fingerprint density at radius 3 is 2.17 bits per heavy atom. The van der Waals surface area contributed by atoms with Crippen LogP contribution in [0.5, 0.6) is 0 Å². The van der Waals surface area contributed by atoms with Crippen molar-refractivity contribution in [1.82, 2.24) is 0 Å². The summed E-state index contributed by atoms with van der Waals surface area (Å²) >= 11 is 0. The standard InChI is InChI=1S/C21H36O2/c1-18(22)11-12-19(2)14(13-18)5-6-15-16(19)7-9-20(3)17(15)8-10-21(20,4)23/h14-17,22-23H,5-13H2,1-4H3/t14?,15-,16+,17+,18+,19+,20+,21+/m1/s1. The Kier molecular flexibility index (Phi) is 3.39. The Hall–Kier alpha value is -0.0800. The maximum Gasteiger partial charge on any atom is 0.0675 e. The molecule has 8 atom stereocenters. The zero-order valence-corrected chi connectivity index (χ0v) is 15.6. The summed E-state index contributed by atoms with van der Waals surface area (Å²) in [5, 5.41) is 21.5. The topological polar surface area (TPSA) is 40.5 Å². The van der Waals surface area contributed by atoms with Crippen LogP contribution >= 0.6 is 0 Å². The van der Waals surface area contributed by atoms with Crippen LogP contribution in [0.4, 0.5) is 0 Å². The molecule has 2 nitrogen and oxygen atoms in total. The Labute approximate surface area is 142 Å². The lowest BCUT2D eigenvalue weighted by Gasteiger charge is -2.62. The van der Waals surface area contributed by atoms with Gasteiger partial charge in [-0.25, -0.2) is 0 Å². The first-order valence-corrected chi connectivity index (χ1v) is 10.0. The largest absolute Gasteiger partial charge is 0.390 e. The molecule has 4 aliphatic carbocycles. The first kappa shape index (κ1) is 16.4. The van der Waals surface area contributed by atoms with Crippen LogP contribution in [0.15, 0.2) is 0 Å². The zero-order chi connectivity index (χ0) is 16.7. The van der Waals surface area contributed by atoms with Crippen LogP contribution < -0.4 is 0 Å². The molecule has 0 spiro atoms. The van der Waals surface area contributed by atoms with E-state index in [1.807, 2.05) is 6.92 Å². The second-order valence-electron chi connectivity index (χ2n) is 10.6. The molecule has 0 bridgehead atoms. The first-order valence-electron chi connectivity index (χ1n) is 10.0. The number of aliphatic hydroxyl groups is 2. The monoisotopic (exact) mass is 320 g/mol. The van der Waals surface area contributed by atoms with Gasteiger partial charge in [0.1, 0.15) is 0 Å². The molecule has 0 heterocycles. The maximum absolute atomic E-state index is 11.0. The minimum Gasteiger partial charge on any atom is -0.390 e. The molecule has 0 amide bonds. The molecule has 4 saturated carbocycles. The summed E-state index contributed by atoms with van der Waals surface area (Å²) in [5.41, 5.74) is -0.327. The van der Waals surface area contributed by atoms with Gasteiger partial charge in [0, 0.05) is 0 Å². The molecule has 132 valence electrons. The van der Waals surface area contributed by atoms with Crippen molar-refractivity contribution < 1.29 is 10.2 Å². The minimum absolute atomic E-state index is 0.136. The quantitative estimate of drug-likeness (QED) is 0.688. The third-order valence-corrected chi connectivity index (χ3v) is 9.52. The van der Waals surface area contributed by atoms with E-state index >= 15 is 0 Å². The average Bonchev–Trinajstić information content (AvgIpc) is 2.70. The molecule has 0 saturated heterocycles. The number of rotatable bonds is 0. The second-order valence-corrected chi connectivity index (χ2v) is 10.6. The van der Waals surface area contributed by atoms with Crippen LogP contribution in [-0.2, 0) is 0 Å². The molecule has 0 radical (unpaired) electrons. The fourth-order valence-corrected chi connectivity index (χ4v) is 7.67. The Morgan fingerprint density at radius 2 is 1.43 bits per heavy atom. The summed E-state index contributed by atoms with van der Waals surface area (Å²) in [4.78, 5) is 0. The molecule has 4 fully saturated rings. The summed E-state index contributed by atoms with van der Waals surface area (Å²) in [5.74, 6) is 3.06. The van der Waals surface area contributed by atoms with Gasteiger partial charge < -0.3 is 10.2 Å². The van der Waals surface area contributed by atoms with Gasteiger partial charge in [0.05, 0.1) is 11.2 Å². The highest BCUT2D eigenvalue weighted by atomic mass is 16.3. The Bertz CT molecular complexity index is 496. The third-order valence-electron chi connectivity index (χ3n) is 9.52. The molecule has 2 heteroatoms. The van der Waals surface area contributed by atoms with Crippen molar-refractivity contribution in [3.8, 4) is 0 Å². The molecule has 2 N–H and O–H groups in total. The molecule has 0 aliphatic heterocycles. The molecule has 4 rings (SSSR count). The SMILES string of the molecule is C[C@]1(O)CC[C@@]2(C)C(CC[C@@H]3[C@@H]2CC[C@@]2(C)[C@H]3CC[C@]2(C)O)C1. The number of fused-ring (bicyclic) bond motifs is 5. The number of hydrogen-bond donors (Lipinski definition) is 2. The number of hydrogen-bond acceptors (Lipinski definition) is 2. The highest BCUT2D eigenvalue weighted by molar-refractivity contribution is 5.13. The molecule has 0 aromatic heterocycles. The van der Waals surface area contributed by atoms with Gasteiger partial charge in [-0.15, -0.1) is 0 Å². The maximum atomic E-state index is 11.0. The Morgan fingerprint density at radius 1 is 0.739 bits per heavy atom. The van der Waals surface area contributed by atoms with E-state index in [9.17, 15) is 10.2 Å². The summed E-state index contributed by atoms with van der Waals surface area (Å²) < 4.78 is 0. The van der Waals surface area contributed by atoms with Crippen molar-refractivity contribution in [1.29, 1.82) is 0 Å². The van der Waals surface area contributed by atoms with Crippen LogP contribution in [0.1, 0.15) is 85.5 Å². The fourth-order valence-electron chi connectivity index (χ4n) is 7.67. The van der Waals surface area contributed by atoms with E-state index in [0.29, 0.717) is 11.3 Å². The van der Waals surface area contributed by atoms with Gasteiger partial charge in [-0.1, -0.05) is 13.8 Å². The lowest BCUT2D eigenvalue weighted by molar-refractivity contribution is -0.164. The van der Waals surface area contributed by atoms with Crippen LogP contribution in [0, 0.1) is 34.5 Å². The zero-order valence-electron chi connectivity index (χ0n) is 15.6. The van der Waals surface area contributed by atoms with Gasteiger partial charge in [-0.3, -0.25) is 0 Å². The molecule has 0 aromatic carbocycles. The van der Waals surface area contributed by atoms with Crippen LogP contribution in [0.25, 0.3) is 0 Å². The van der Waals surface area contributed by atoms with E-state index < -0.39 is 11.2 Å². The normalized spacial score (nSPS) is 62.3. The molecular weight excluding hydrogens is 284 g/mol. The highest BCUT2D eigenvalue weighted by Gasteiger charge is 2.63. The van der Waals surface area contributed by atoms with Crippen molar-refractivity contribution >= 4 is 0 Å². The minimum atomic E-state index is -0.462. The summed E-state index contributed by atoms with van der Waals surface area (Å²) in [6, 6.07) is 0. The summed E-state index contributed by atoms with van der Waals surface area (Å²) in [6.07, 6.45) is 10.5. The van der Waals surface area contributed by atoms with Gasteiger partial charge in [0.15, 0.2) is 0 Å². The molecular formula is C21H36O2. The van der Waals surface area contributed by atoms with E-state index in [4.69, 9.17) is 0 Å². The summed E-state index contributed by atoms with van der Waals surface area (Å²) in [7, 11) is 0. The summed E-state index contributed by atoms with van der Waals surface area (Å²) in [6.45, 7) is 9.06. The van der Waals surface area contributed by atoms with Crippen LogP contribution in [0.3, 0.4) is 0 Å². The van der Waals surface area contributed by atoms with Gasteiger partial charge >= 0.3 is 0 Å². The van der Waals surface area contributed by atoms with E-state index in [-0.39, 0.29) is 5.41 Å². The lowest BCUT2D eigenvalue weighted by atomic mass is 9.44. The Balaban J connectivity index is 1.63. The van der Waals surface area contributed by atoms with Gasteiger partial charge in [-0.2, -0.15) is 0 Å². The van der Waals surface area contributed by atoms with Crippen LogP contribution in [-0.4, -0.2) is 21.4 Å². The predicted octanol–water partition coefficient (Wildman–Crippen LogP) is 4.53. The fraction of sp³-hybridized carbons (Fsp3) is 1.00. The van der Waals surface area contributed by atoms with Gasteiger partial charge in [-0.05, 0) is 106 Å². The van der Waals surface area contributed by atoms with Crippen molar-refractivity contribution in [2.45, 2.75) is 96.7 Å². The van der Waals surface area contributed by atoms with E-state index in [2.05, 4.69) is 20.8 Å². The first-order chi connectivity index (χ1) is 10.6. The molecule has 23 heavy (non-hydrogen) atoms. The molecule has 0 aromatic rings. The van der Waals surface area contributed by atoms with Crippen molar-refractivity contribution in [3.63, 3.8) is 0 Å². The van der Waals surface area contributed by atoms with Gasteiger partial charge in [0.25, 0.3) is 0 Å². The van der Waals surface area contributed by atoms with E-state index in [1.54, 1.807) is 0 Å². The second kappa shape index (κ2) is 4.75. The molecule has 1 unspecified atom stereocenters. The van der Waals surface area contributed by atoms with Crippen LogP contribution in [0.2, 0.25) is 0 Å². The smallest absolute Gasteiger partial charge is 0.0675 e. The van der Waals surface area contributed by atoms with Gasteiger partial charge in [0.2, 0.25) is 0 Å². The van der Waals surface area contributed by atoms with E-state index in [1.165, 1.54) is 38.5 Å². The lowest BCUT2D eigenvalue weighted by Crippen LogP contribution is -2.57. The van der Waals surface area contributed by atoms with E-state index in [0.717, 1.165) is 37.0 Å². The van der Waals surface area contributed by atoms with Crippen molar-refractivity contribution in [2.75, 3.05) is 0 Å². The highest BCUT2D eigenvalue weighted by Crippen LogP contribution is 2.68.